The second-order valence-electron chi connectivity index (χ2n) is 5.51. The van der Waals surface area contributed by atoms with Crippen LogP contribution in [0.3, 0.4) is 0 Å². The molecule has 0 bridgehead atoms. The molecule has 8 nitrogen and oxygen atoms in total. The number of anilines is 1. The lowest BCUT2D eigenvalue weighted by atomic mass is 10.3. The molecule has 2 heterocycles. The minimum absolute atomic E-state index is 0.172. The number of carbonyl (C=O) groups is 1. The van der Waals surface area contributed by atoms with E-state index in [1.807, 2.05) is 12.1 Å². The number of hydrogen-bond donors (Lipinski definition) is 1. The molecule has 1 aromatic heterocycles. The Balaban J connectivity index is 1.46. The van der Waals surface area contributed by atoms with Crippen LogP contribution >= 0.6 is 0 Å². The third kappa shape index (κ3) is 4.76. The second-order valence-corrected chi connectivity index (χ2v) is 5.51. The van der Waals surface area contributed by atoms with E-state index in [9.17, 15) is 4.79 Å². The minimum atomic E-state index is -0.382. The van der Waals surface area contributed by atoms with Crippen LogP contribution < -0.4 is 19.8 Å². The van der Waals surface area contributed by atoms with Crippen LogP contribution in [0.15, 0.2) is 45.9 Å². The van der Waals surface area contributed by atoms with Crippen molar-refractivity contribution in [3.05, 3.63) is 42.2 Å². The van der Waals surface area contributed by atoms with Crippen LogP contribution in [-0.2, 0) is 9.53 Å². The molecular weight excluding hydrogens is 338 g/mol. The van der Waals surface area contributed by atoms with Crippen LogP contribution in [0.2, 0.25) is 0 Å². The van der Waals surface area contributed by atoms with Gasteiger partial charge < -0.3 is 23.5 Å². The number of carbonyl (C=O) groups excluding carboxylic acids is 1. The average Bonchev–Trinajstić information content (AvgIpc) is 3.16. The molecule has 1 aromatic carbocycles. The highest BCUT2D eigenvalue weighted by atomic mass is 16.5. The molecule has 0 atom stereocenters. The molecule has 138 valence electrons. The molecule has 3 rings (SSSR count). The summed E-state index contributed by atoms with van der Waals surface area (Å²) in [6, 6.07) is 10.8. The Morgan fingerprint density at radius 2 is 2.00 bits per heavy atom. The van der Waals surface area contributed by atoms with Crippen molar-refractivity contribution in [2.75, 3.05) is 44.9 Å². The summed E-state index contributed by atoms with van der Waals surface area (Å²) in [5.41, 5.74) is 2.40. The van der Waals surface area contributed by atoms with Gasteiger partial charge in [-0.15, -0.1) is 0 Å². The maximum absolute atomic E-state index is 11.8. The zero-order valence-electron chi connectivity index (χ0n) is 14.5. The molecule has 1 N–H and O–H groups in total. The second kappa shape index (κ2) is 8.91. The molecule has 1 fully saturated rings. The molecule has 1 saturated heterocycles. The van der Waals surface area contributed by atoms with Crippen LogP contribution in [0.5, 0.6) is 11.5 Å². The maximum Gasteiger partial charge on any atom is 0.277 e. The Kier molecular flexibility index (Phi) is 6.10. The number of morpholine rings is 1. The first-order valence-electron chi connectivity index (χ1n) is 8.26. The number of para-hydroxylation sites is 2. The molecule has 1 aliphatic rings. The van der Waals surface area contributed by atoms with E-state index in [1.165, 1.54) is 6.21 Å². The van der Waals surface area contributed by atoms with Gasteiger partial charge in [0.2, 0.25) is 0 Å². The molecule has 26 heavy (non-hydrogen) atoms. The van der Waals surface area contributed by atoms with Crippen molar-refractivity contribution in [1.29, 1.82) is 0 Å². The standard InChI is InChI=1S/C18H21N3O5/c1-23-15-4-2-3-5-16(15)25-13-17(22)20-19-12-14-6-7-18(26-14)21-8-10-24-11-9-21/h2-7,12H,8-11,13H2,1H3,(H,20,22)/b19-12-. The fraction of sp³-hybridized carbons (Fsp3) is 0.333. The van der Waals surface area contributed by atoms with Gasteiger partial charge in [-0.25, -0.2) is 5.43 Å². The Morgan fingerprint density at radius 1 is 1.23 bits per heavy atom. The number of methoxy groups -OCH3 is 1. The number of rotatable bonds is 7. The molecule has 8 heteroatoms. The zero-order valence-corrected chi connectivity index (χ0v) is 14.5. The molecule has 0 spiro atoms. The van der Waals surface area contributed by atoms with Gasteiger partial charge in [-0.05, 0) is 18.2 Å². The number of nitrogens with zero attached hydrogens (tertiary/aromatic N) is 2. The Labute approximate surface area is 151 Å². The van der Waals surface area contributed by atoms with Gasteiger partial charge in [-0.1, -0.05) is 12.1 Å². The van der Waals surface area contributed by atoms with Gasteiger partial charge in [0.1, 0.15) is 5.76 Å². The van der Waals surface area contributed by atoms with Gasteiger partial charge in [-0.2, -0.15) is 5.10 Å². The smallest absolute Gasteiger partial charge is 0.277 e. The third-order valence-corrected chi connectivity index (χ3v) is 3.74. The number of benzene rings is 1. The highest BCUT2D eigenvalue weighted by molar-refractivity contribution is 5.81. The first-order chi connectivity index (χ1) is 12.8. The lowest BCUT2D eigenvalue weighted by Gasteiger charge is -2.26. The zero-order chi connectivity index (χ0) is 18.2. The van der Waals surface area contributed by atoms with Crippen molar-refractivity contribution in [2.24, 2.45) is 5.10 Å². The highest BCUT2D eigenvalue weighted by Gasteiger charge is 2.14. The summed E-state index contributed by atoms with van der Waals surface area (Å²) in [5, 5.41) is 3.88. The number of hydrazone groups is 1. The van der Waals surface area contributed by atoms with Crippen LogP contribution in [0.4, 0.5) is 5.88 Å². The summed E-state index contributed by atoms with van der Waals surface area (Å²) >= 11 is 0. The fourth-order valence-corrected chi connectivity index (χ4v) is 2.45. The van der Waals surface area contributed by atoms with Crippen LogP contribution in [0.25, 0.3) is 0 Å². The lowest BCUT2D eigenvalue weighted by Crippen LogP contribution is -2.35. The van der Waals surface area contributed by atoms with Crippen molar-refractivity contribution in [1.82, 2.24) is 5.43 Å². The number of hydrogen-bond acceptors (Lipinski definition) is 7. The van der Waals surface area contributed by atoms with E-state index >= 15 is 0 Å². The van der Waals surface area contributed by atoms with Gasteiger partial charge >= 0.3 is 0 Å². The Morgan fingerprint density at radius 3 is 2.77 bits per heavy atom. The monoisotopic (exact) mass is 359 g/mol. The van der Waals surface area contributed by atoms with Gasteiger partial charge in [0.05, 0.1) is 26.5 Å². The summed E-state index contributed by atoms with van der Waals surface area (Å²) in [6.45, 7) is 2.79. The summed E-state index contributed by atoms with van der Waals surface area (Å²) in [4.78, 5) is 13.9. The van der Waals surface area contributed by atoms with Crippen LogP contribution in [0.1, 0.15) is 5.76 Å². The number of furan rings is 1. The lowest BCUT2D eigenvalue weighted by molar-refractivity contribution is -0.123. The number of nitrogens with one attached hydrogen (secondary N) is 1. The molecule has 0 saturated carbocycles. The maximum atomic E-state index is 11.8. The molecule has 0 radical (unpaired) electrons. The van der Waals surface area contributed by atoms with E-state index in [2.05, 4.69) is 15.4 Å². The van der Waals surface area contributed by atoms with Gasteiger partial charge in [0, 0.05) is 19.2 Å². The molecular formula is C18H21N3O5. The van der Waals surface area contributed by atoms with Crippen molar-refractivity contribution in [2.45, 2.75) is 0 Å². The van der Waals surface area contributed by atoms with Gasteiger partial charge in [0.25, 0.3) is 5.91 Å². The van der Waals surface area contributed by atoms with Crippen LogP contribution in [-0.4, -0.2) is 52.1 Å². The first kappa shape index (κ1) is 17.8. The molecule has 0 aliphatic carbocycles. The fourth-order valence-electron chi connectivity index (χ4n) is 2.45. The van der Waals surface area contributed by atoms with Crippen molar-refractivity contribution in [3.63, 3.8) is 0 Å². The molecule has 0 unspecified atom stereocenters. The summed E-state index contributed by atoms with van der Waals surface area (Å²) in [6.07, 6.45) is 1.45. The van der Waals surface area contributed by atoms with Gasteiger partial charge in [0.15, 0.2) is 24.0 Å². The van der Waals surface area contributed by atoms with E-state index in [0.717, 1.165) is 19.0 Å². The van der Waals surface area contributed by atoms with Crippen molar-refractivity contribution >= 4 is 18.0 Å². The first-order valence-corrected chi connectivity index (χ1v) is 8.26. The van der Waals surface area contributed by atoms with E-state index in [-0.39, 0.29) is 12.5 Å². The SMILES string of the molecule is COc1ccccc1OCC(=O)N/N=C\c1ccc(N2CCOCC2)o1. The predicted molar refractivity (Wildman–Crippen MR) is 96.0 cm³/mol. The summed E-state index contributed by atoms with van der Waals surface area (Å²) in [5.74, 6) is 2.00. The van der Waals surface area contributed by atoms with Crippen molar-refractivity contribution in [3.8, 4) is 11.5 Å². The third-order valence-electron chi connectivity index (χ3n) is 3.74. The largest absolute Gasteiger partial charge is 0.493 e. The van der Waals surface area contributed by atoms with Crippen LogP contribution in [0, 0.1) is 0 Å². The molecule has 2 aromatic rings. The quantitative estimate of drug-likeness (QED) is 0.598. The topological polar surface area (TPSA) is 85.5 Å². The van der Waals surface area contributed by atoms with E-state index in [0.29, 0.717) is 30.5 Å². The Hall–Kier alpha value is -3.00. The van der Waals surface area contributed by atoms with E-state index in [1.54, 1.807) is 31.4 Å². The Bertz CT molecular complexity index is 753. The summed E-state index contributed by atoms with van der Waals surface area (Å²) in [7, 11) is 1.54. The number of ether oxygens (including phenoxy) is 3. The van der Waals surface area contributed by atoms with E-state index < -0.39 is 0 Å². The predicted octanol–water partition coefficient (Wildman–Crippen LogP) is 1.65. The highest BCUT2D eigenvalue weighted by Crippen LogP contribution is 2.25. The van der Waals surface area contributed by atoms with Crippen molar-refractivity contribution < 1.29 is 23.4 Å². The van der Waals surface area contributed by atoms with E-state index in [4.69, 9.17) is 18.6 Å². The minimum Gasteiger partial charge on any atom is -0.493 e. The van der Waals surface area contributed by atoms with Gasteiger partial charge in [-0.3, -0.25) is 4.79 Å². The normalized spacial score (nSPS) is 14.4. The molecule has 1 amide bonds. The average molecular weight is 359 g/mol. The number of amides is 1. The molecule has 1 aliphatic heterocycles. The summed E-state index contributed by atoms with van der Waals surface area (Å²) < 4.78 is 21.6.